The number of benzene rings is 2. The molecular formula is C22H24N2O3S2. The summed E-state index contributed by atoms with van der Waals surface area (Å²) in [6.07, 6.45) is 1.24. The van der Waals surface area contributed by atoms with Crippen LogP contribution in [0.3, 0.4) is 0 Å². The second-order valence-electron chi connectivity index (χ2n) is 7.29. The molecule has 0 amide bonds. The number of thiazole rings is 1. The molecule has 0 radical (unpaired) electrons. The molecule has 7 heteroatoms. The first-order chi connectivity index (χ1) is 14.0. The molecule has 1 fully saturated rings. The van der Waals surface area contributed by atoms with Crippen LogP contribution in [0.25, 0.3) is 11.3 Å². The van der Waals surface area contributed by atoms with E-state index in [1.54, 1.807) is 30.6 Å². The van der Waals surface area contributed by atoms with Gasteiger partial charge in [0, 0.05) is 24.0 Å². The number of hydrogen-bond acceptors (Lipinski definition) is 6. The number of aryl methyl sites for hydroxylation is 1. The van der Waals surface area contributed by atoms with E-state index in [9.17, 15) is 8.42 Å². The Morgan fingerprint density at radius 1 is 1.03 bits per heavy atom. The first kappa shape index (κ1) is 19.9. The maximum Gasteiger partial charge on any atom is 0.185 e. The number of anilines is 1. The molecular weight excluding hydrogens is 404 g/mol. The summed E-state index contributed by atoms with van der Waals surface area (Å²) >= 11 is 1.60. The van der Waals surface area contributed by atoms with Crippen LogP contribution in [0.5, 0.6) is 5.75 Å². The molecule has 1 aliphatic rings. The van der Waals surface area contributed by atoms with Crippen LogP contribution in [0, 0.1) is 6.92 Å². The fourth-order valence-electron chi connectivity index (χ4n) is 3.58. The van der Waals surface area contributed by atoms with E-state index in [0.717, 1.165) is 27.7 Å². The van der Waals surface area contributed by atoms with Crippen molar-refractivity contribution in [1.29, 1.82) is 0 Å². The fourth-order valence-corrected chi connectivity index (χ4v) is 6.20. The van der Waals surface area contributed by atoms with Gasteiger partial charge in [-0.15, -0.1) is 11.3 Å². The summed E-state index contributed by atoms with van der Waals surface area (Å²) in [6.45, 7) is 3.36. The van der Waals surface area contributed by atoms with Gasteiger partial charge >= 0.3 is 0 Å². The summed E-state index contributed by atoms with van der Waals surface area (Å²) in [4.78, 5) is 7.39. The highest BCUT2D eigenvalue weighted by Gasteiger charge is 2.32. The second kappa shape index (κ2) is 8.16. The molecule has 0 spiro atoms. The Labute approximate surface area is 175 Å². The highest BCUT2D eigenvalue weighted by Crippen LogP contribution is 2.32. The zero-order valence-corrected chi connectivity index (χ0v) is 18.2. The van der Waals surface area contributed by atoms with Crippen LogP contribution in [-0.4, -0.2) is 38.9 Å². The highest BCUT2D eigenvalue weighted by atomic mass is 32.2. The SMILES string of the molecule is COc1ccc(-c2csc(N3CCC(S(=O)(=O)c4ccc(C)cc4)CC3)n2)cc1. The molecule has 3 aromatic rings. The summed E-state index contributed by atoms with van der Waals surface area (Å²) in [6, 6.07) is 15.0. The van der Waals surface area contributed by atoms with Crippen molar-refractivity contribution < 1.29 is 13.2 Å². The number of aromatic nitrogens is 1. The molecule has 2 aromatic carbocycles. The second-order valence-corrected chi connectivity index (χ2v) is 10.4. The predicted octanol–water partition coefficient (Wildman–Crippen LogP) is 4.57. The van der Waals surface area contributed by atoms with Crippen LogP contribution in [0.15, 0.2) is 58.8 Å². The summed E-state index contributed by atoms with van der Waals surface area (Å²) in [7, 11) is -1.63. The monoisotopic (exact) mass is 428 g/mol. The number of rotatable bonds is 5. The maximum absolute atomic E-state index is 12.9. The lowest BCUT2D eigenvalue weighted by atomic mass is 10.1. The van der Waals surface area contributed by atoms with Gasteiger partial charge in [-0.3, -0.25) is 0 Å². The van der Waals surface area contributed by atoms with Crippen molar-refractivity contribution in [1.82, 2.24) is 4.98 Å². The summed E-state index contributed by atoms with van der Waals surface area (Å²) in [5, 5.41) is 2.66. The third-order valence-electron chi connectivity index (χ3n) is 5.38. The quantitative estimate of drug-likeness (QED) is 0.596. The summed E-state index contributed by atoms with van der Waals surface area (Å²) in [5.41, 5.74) is 3.04. The molecule has 0 aliphatic carbocycles. The van der Waals surface area contributed by atoms with Crippen molar-refractivity contribution in [3.8, 4) is 17.0 Å². The molecule has 4 rings (SSSR count). The summed E-state index contributed by atoms with van der Waals surface area (Å²) < 4.78 is 31.1. The lowest BCUT2D eigenvalue weighted by molar-refractivity contribution is 0.415. The van der Waals surface area contributed by atoms with Crippen LogP contribution in [0.1, 0.15) is 18.4 Å². The Bertz CT molecular complexity index is 1070. The van der Waals surface area contributed by atoms with E-state index in [4.69, 9.17) is 9.72 Å². The van der Waals surface area contributed by atoms with Crippen LogP contribution < -0.4 is 9.64 Å². The molecule has 0 atom stereocenters. The van der Waals surface area contributed by atoms with E-state index in [1.807, 2.05) is 48.7 Å². The highest BCUT2D eigenvalue weighted by molar-refractivity contribution is 7.92. The van der Waals surface area contributed by atoms with Crippen molar-refractivity contribution >= 4 is 26.3 Å². The predicted molar refractivity (Wildman–Crippen MR) is 118 cm³/mol. The van der Waals surface area contributed by atoms with Gasteiger partial charge < -0.3 is 9.64 Å². The van der Waals surface area contributed by atoms with E-state index in [0.29, 0.717) is 30.8 Å². The van der Waals surface area contributed by atoms with Gasteiger partial charge in [0.15, 0.2) is 15.0 Å². The fraction of sp³-hybridized carbons (Fsp3) is 0.318. The first-order valence-electron chi connectivity index (χ1n) is 9.63. The zero-order valence-electron chi connectivity index (χ0n) is 16.5. The average molecular weight is 429 g/mol. The Morgan fingerprint density at radius 2 is 1.69 bits per heavy atom. The van der Waals surface area contributed by atoms with E-state index in [2.05, 4.69) is 4.90 Å². The topological polar surface area (TPSA) is 59.5 Å². The molecule has 0 unspecified atom stereocenters. The minimum absolute atomic E-state index is 0.331. The number of sulfone groups is 1. The van der Waals surface area contributed by atoms with E-state index >= 15 is 0 Å². The lowest BCUT2D eigenvalue weighted by Crippen LogP contribution is -2.39. The van der Waals surface area contributed by atoms with Gasteiger partial charge in [-0.2, -0.15) is 0 Å². The number of hydrogen-bond donors (Lipinski definition) is 0. The molecule has 1 saturated heterocycles. The molecule has 0 N–H and O–H groups in total. The normalized spacial score (nSPS) is 15.4. The number of ether oxygens (including phenoxy) is 1. The summed E-state index contributed by atoms with van der Waals surface area (Å²) in [5.74, 6) is 0.820. The van der Waals surface area contributed by atoms with Crippen LogP contribution in [0.4, 0.5) is 5.13 Å². The van der Waals surface area contributed by atoms with Gasteiger partial charge in [-0.05, 0) is 56.2 Å². The molecule has 0 saturated carbocycles. The molecule has 1 aromatic heterocycles. The van der Waals surface area contributed by atoms with Gasteiger partial charge in [0.25, 0.3) is 0 Å². The number of piperidine rings is 1. The molecule has 152 valence electrons. The third kappa shape index (κ3) is 4.16. The van der Waals surface area contributed by atoms with Crippen LogP contribution >= 0.6 is 11.3 Å². The van der Waals surface area contributed by atoms with Crippen molar-refractivity contribution in [3.63, 3.8) is 0 Å². The Morgan fingerprint density at radius 3 is 2.31 bits per heavy atom. The number of methoxy groups -OCH3 is 1. The Balaban J connectivity index is 1.43. The zero-order chi connectivity index (χ0) is 20.4. The molecule has 0 bridgehead atoms. The van der Waals surface area contributed by atoms with Crippen molar-refractivity contribution in [2.24, 2.45) is 0 Å². The van der Waals surface area contributed by atoms with Crippen molar-refractivity contribution in [2.75, 3.05) is 25.1 Å². The third-order valence-corrected chi connectivity index (χ3v) is 8.56. The molecule has 5 nitrogen and oxygen atoms in total. The number of nitrogens with zero attached hydrogens (tertiary/aromatic N) is 2. The van der Waals surface area contributed by atoms with Gasteiger partial charge in [0.2, 0.25) is 0 Å². The minimum atomic E-state index is -3.28. The molecule has 1 aliphatic heterocycles. The maximum atomic E-state index is 12.9. The molecule has 29 heavy (non-hydrogen) atoms. The van der Waals surface area contributed by atoms with E-state index in [1.165, 1.54) is 0 Å². The standard InChI is InChI=1S/C22H24N2O3S2/c1-16-3-9-19(10-4-16)29(25,26)20-11-13-24(14-12-20)22-23-21(15-28-22)17-5-7-18(27-2)8-6-17/h3-10,15,20H,11-14H2,1-2H3. The Hall–Kier alpha value is -2.38. The van der Waals surface area contributed by atoms with Gasteiger partial charge in [0.05, 0.1) is 22.9 Å². The molecule has 2 heterocycles. The average Bonchev–Trinajstić information content (AvgIpc) is 3.24. The largest absolute Gasteiger partial charge is 0.497 e. The van der Waals surface area contributed by atoms with Crippen LogP contribution in [0.2, 0.25) is 0 Å². The smallest absolute Gasteiger partial charge is 0.185 e. The van der Waals surface area contributed by atoms with Crippen LogP contribution in [-0.2, 0) is 9.84 Å². The Kier molecular flexibility index (Phi) is 5.61. The van der Waals surface area contributed by atoms with E-state index in [-0.39, 0.29) is 5.25 Å². The first-order valence-corrected chi connectivity index (χ1v) is 12.1. The van der Waals surface area contributed by atoms with E-state index < -0.39 is 9.84 Å². The van der Waals surface area contributed by atoms with Gasteiger partial charge in [-0.1, -0.05) is 17.7 Å². The van der Waals surface area contributed by atoms with Crippen molar-refractivity contribution in [3.05, 3.63) is 59.5 Å². The minimum Gasteiger partial charge on any atom is -0.497 e. The van der Waals surface area contributed by atoms with Crippen molar-refractivity contribution in [2.45, 2.75) is 29.9 Å². The van der Waals surface area contributed by atoms with Gasteiger partial charge in [0.1, 0.15) is 5.75 Å². The lowest BCUT2D eigenvalue weighted by Gasteiger charge is -2.31. The van der Waals surface area contributed by atoms with Gasteiger partial charge in [-0.25, -0.2) is 13.4 Å².